The van der Waals surface area contributed by atoms with Gasteiger partial charge in [-0.25, -0.2) is 0 Å². The number of benzene rings is 1. The molecule has 0 atom stereocenters. The van der Waals surface area contributed by atoms with Gasteiger partial charge in [-0.15, -0.1) is 0 Å². The quantitative estimate of drug-likeness (QED) is 0.240. The van der Waals surface area contributed by atoms with E-state index in [1.54, 1.807) is 16.8 Å². The fraction of sp³-hybridized carbons (Fsp3) is 0.364. The average molecular weight is 487 g/mol. The first kappa shape index (κ1) is 21.1. The van der Waals surface area contributed by atoms with E-state index >= 15 is 0 Å². The summed E-state index contributed by atoms with van der Waals surface area (Å²) in [5.74, 6) is -0.313. The number of fused-ring (bicyclic) bond motifs is 1. The molecule has 1 N–H and O–H groups in total. The van der Waals surface area contributed by atoms with Gasteiger partial charge in [-0.1, -0.05) is 0 Å². The van der Waals surface area contributed by atoms with Gasteiger partial charge in [0.2, 0.25) is 0 Å². The van der Waals surface area contributed by atoms with Gasteiger partial charge in [0.1, 0.15) is 0 Å². The summed E-state index contributed by atoms with van der Waals surface area (Å²) in [7, 11) is 0. The molecule has 2 aromatic heterocycles. The summed E-state index contributed by atoms with van der Waals surface area (Å²) < 4.78 is 3.04. The molecule has 3 aromatic rings. The fourth-order valence-corrected chi connectivity index (χ4v) is 5.80. The van der Waals surface area contributed by atoms with Crippen molar-refractivity contribution in [3.63, 3.8) is 0 Å². The van der Waals surface area contributed by atoms with Crippen LogP contribution in [0.15, 0.2) is 52.5 Å². The predicted molar refractivity (Wildman–Crippen MR) is 122 cm³/mol. The Bertz CT molecular complexity index is 1100. The van der Waals surface area contributed by atoms with Crippen molar-refractivity contribution in [3.8, 4) is 0 Å². The molecule has 1 aliphatic rings. The van der Waals surface area contributed by atoms with E-state index in [-0.39, 0.29) is 23.1 Å². The molecule has 8 heteroatoms. The maximum absolute atomic E-state index is 13.3. The van der Waals surface area contributed by atoms with Crippen molar-refractivity contribution in [2.75, 3.05) is 12.8 Å². The Balaban J connectivity index is 1.57. The Morgan fingerprint density at radius 2 is 2.03 bits per heavy atom. The molecular weight excluding hydrogens is 463 g/mol. The normalized spacial score (nSPS) is 14.3. The van der Waals surface area contributed by atoms with Gasteiger partial charge in [0.05, 0.1) is 0 Å². The van der Waals surface area contributed by atoms with Gasteiger partial charge >= 0.3 is 186 Å². The molecule has 1 saturated carbocycles. The molecule has 30 heavy (non-hydrogen) atoms. The maximum atomic E-state index is 13.3. The molecule has 0 saturated heterocycles. The zero-order chi connectivity index (χ0) is 20.9. The first-order valence-electron chi connectivity index (χ1n) is 10.1. The Labute approximate surface area is 186 Å². The molecule has 1 amide bonds. The van der Waals surface area contributed by atoms with Crippen LogP contribution < -0.4 is 15.3 Å². The van der Waals surface area contributed by atoms with E-state index in [4.69, 9.17) is 0 Å². The second-order valence-electron chi connectivity index (χ2n) is 7.22. The molecule has 156 valence electrons. The number of rotatable bonds is 7. The first-order valence-corrected chi connectivity index (χ1v) is 13.4. The van der Waals surface area contributed by atoms with Crippen molar-refractivity contribution in [2.24, 2.45) is 0 Å². The van der Waals surface area contributed by atoms with Crippen LogP contribution in [0.3, 0.4) is 0 Å². The number of amides is 1. The van der Waals surface area contributed by atoms with E-state index in [1.807, 2.05) is 24.5 Å². The van der Waals surface area contributed by atoms with Crippen molar-refractivity contribution < 1.29 is 4.79 Å². The summed E-state index contributed by atoms with van der Waals surface area (Å²) in [5, 5.41) is 5.18. The monoisotopic (exact) mass is 488 g/mol. The van der Waals surface area contributed by atoms with Gasteiger partial charge in [0.15, 0.2) is 0 Å². The van der Waals surface area contributed by atoms with E-state index in [1.165, 1.54) is 16.2 Å². The zero-order valence-electron chi connectivity index (χ0n) is 16.8. The third-order valence-corrected chi connectivity index (χ3v) is 7.96. The second-order valence-corrected chi connectivity index (χ2v) is 10.4. The summed E-state index contributed by atoms with van der Waals surface area (Å²) in [4.78, 5) is 35.1. The van der Waals surface area contributed by atoms with Crippen molar-refractivity contribution in [2.45, 2.75) is 42.2 Å². The van der Waals surface area contributed by atoms with E-state index in [0.717, 1.165) is 36.4 Å². The Morgan fingerprint density at radius 3 is 2.77 bits per heavy atom. The molecule has 6 nitrogen and oxygen atoms in total. The number of nitrogens with one attached hydrogen (secondary N) is 1. The number of aromatic nitrogens is 3. The van der Waals surface area contributed by atoms with Crippen molar-refractivity contribution in [1.29, 1.82) is 0 Å². The minimum atomic E-state index is -0.313. The van der Waals surface area contributed by atoms with Crippen molar-refractivity contribution in [3.05, 3.63) is 58.5 Å². The molecule has 1 fully saturated rings. The van der Waals surface area contributed by atoms with Crippen LogP contribution >= 0.6 is 11.8 Å². The van der Waals surface area contributed by atoms with Gasteiger partial charge in [0, 0.05) is 0 Å². The van der Waals surface area contributed by atoms with E-state index < -0.39 is 0 Å². The van der Waals surface area contributed by atoms with Crippen LogP contribution in [-0.4, -0.2) is 48.2 Å². The number of thioether (sulfide) groups is 1. The molecule has 0 unspecified atom stereocenters. The third-order valence-electron chi connectivity index (χ3n) is 5.27. The third kappa shape index (κ3) is 4.61. The van der Waals surface area contributed by atoms with Gasteiger partial charge < -0.3 is 0 Å². The van der Waals surface area contributed by atoms with Gasteiger partial charge in [-0.05, 0) is 0 Å². The summed E-state index contributed by atoms with van der Waals surface area (Å²) in [5.41, 5.74) is 0.573. The number of carbonyl (C=O) groups is 1. The van der Waals surface area contributed by atoms with Crippen molar-refractivity contribution in [1.82, 2.24) is 19.9 Å². The molecule has 0 radical (unpaired) electrons. The Morgan fingerprint density at radius 1 is 1.27 bits per heavy atom. The summed E-state index contributed by atoms with van der Waals surface area (Å²) >= 11 is 1.74. The van der Waals surface area contributed by atoms with E-state index in [2.05, 4.69) is 27.4 Å². The number of carbonyl (C=O) groups excluding carboxylic acids is 1. The molecular formula is C22H24N4O2SSe. The van der Waals surface area contributed by atoms with Crippen LogP contribution in [0.2, 0.25) is 5.32 Å². The van der Waals surface area contributed by atoms with Crippen molar-refractivity contribution >= 4 is 48.1 Å². The Hall–Kier alpha value is -2.15. The molecule has 0 aliphatic heterocycles. The average Bonchev–Trinajstić information content (AvgIpc) is 3.30. The van der Waals surface area contributed by atoms with Gasteiger partial charge in [0.25, 0.3) is 0 Å². The minimum absolute atomic E-state index is 0.0961. The Kier molecular flexibility index (Phi) is 6.87. The van der Waals surface area contributed by atoms with Crippen LogP contribution in [0.1, 0.15) is 42.1 Å². The molecule has 0 bridgehead atoms. The number of hydrogen-bond acceptors (Lipinski definition) is 5. The topological polar surface area (TPSA) is 76.9 Å². The van der Waals surface area contributed by atoms with Crippen LogP contribution in [0.5, 0.6) is 0 Å². The SMILES string of the molecule is CSc1ncc2cc(C(=O)NCC[Se]c3ccccc3)c(=O)n(C3CCCC3)c2n1. The summed E-state index contributed by atoms with van der Waals surface area (Å²) in [6.45, 7) is 0.552. The van der Waals surface area contributed by atoms with Crippen LogP contribution in [-0.2, 0) is 0 Å². The van der Waals surface area contributed by atoms with Gasteiger partial charge in [-0.2, -0.15) is 0 Å². The summed E-state index contributed by atoms with van der Waals surface area (Å²) in [6.07, 6.45) is 7.71. The second kappa shape index (κ2) is 9.77. The molecule has 2 heterocycles. The summed E-state index contributed by atoms with van der Waals surface area (Å²) in [6, 6.07) is 12.0. The van der Waals surface area contributed by atoms with E-state index in [0.29, 0.717) is 32.3 Å². The number of pyridine rings is 1. The molecule has 1 aliphatic carbocycles. The van der Waals surface area contributed by atoms with E-state index in [9.17, 15) is 9.59 Å². The fourth-order valence-electron chi connectivity index (χ4n) is 3.81. The number of nitrogens with zero attached hydrogens (tertiary/aromatic N) is 3. The van der Waals surface area contributed by atoms with Crippen LogP contribution in [0, 0.1) is 0 Å². The standard InChI is InChI=1S/C22H24N4O2SSe/c1-29-22-24-14-15-13-18(20(27)23-11-12-30-17-9-3-2-4-10-17)21(28)26(19(15)25-22)16-7-5-6-8-16/h2-4,9-10,13-14,16H,5-8,11-12H2,1H3,(H,23,27). The van der Waals surface area contributed by atoms with Gasteiger partial charge in [-0.3, -0.25) is 0 Å². The van der Waals surface area contributed by atoms with Crippen LogP contribution in [0.25, 0.3) is 11.0 Å². The van der Waals surface area contributed by atoms with Crippen LogP contribution in [0.4, 0.5) is 0 Å². The zero-order valence-corrected chi connectivity index (χ0v) is 19.4. The molecule has 1 aromatic carbocycles. The predicted octanol–water partition coefficient (Wildman–Crippen LogP) is 2.81. The first-order chi connectivity index (χ1) is 14.7. The molecule has 4 rings (SSSR count). The molecule has 0 spiro atoms. The number of hydrogen-bond donors (Lipinski definition) is 1.